The molecule has 6 aromatic rings. The molecule has 0 aliphatic carbocycles. The van der Waals surface area contributed by atoms with Crippen molar-refractivity contribution >= 4 is 21.9 Å². The Morgan fingerprint density at radius 2 is 1.21 bits per heavy atom. The summed E-state index contributed by atoms with van der Waals surface area (Å²) in [6.07, 6.45) is 0. The van der Waals surface area contributed by atoms with Crippen molar-refractivity contribution in [1.29, 1.82) is 0 Å². The van der Waals surface area contributed by atoms with E-state index in [0.717, 1.165) is 6.07 Å². The molecule has 0 radical (unpaired) electrons. The summed E-state index contributed by atoms with van der Waals surface area (Å²) in [6, 6.07) is 20.3. The summed E-state index contributed by atoms with van der Waals surface area (Å²) in [5.74, 6) is -0.0528. The van der Waals surface area contributed by atoms with Crippen molar-refractivity contribution in [2.24, 2.45) is 0 Å². The number of fused-ring (bicyclic) bond motifs is 2. The van der Waals surface area contributed by atoms with Crippen LogP contribution in [0.4, 0.5) is 0 Å². The van der Waals surface area contributed by atoms with Crippen LogP contribution in [-0.2, 0) is 0 Å². The van der Waals surface area contributed by atoms with E-state index in [1.54, 1.807) is 42.5 Å². The van der Waals surface area contributed by atoms with Crippen molar-refractivity contribution < 1.29 is 34.0 Å². The Morgan fingerprint density at radius 1 is 0.564 bits per heavy atom. The Balaban J connectivity index is 1.31. The normalized spacial score (nSPS) is 11.2. The van der Waals surface area contributed by atoms with E-state index < -0.39 is 10.9 Å². The van der Waals surface area contributed by atoms with Crippen molar-refractivity contribution in [2.75, 3.05) is 0 Å². The zero-order chi connectivity index (χ0) is 27.3. The van der Waals surface area contributed by atoms with Gasteiger partial charge in [-0.05, 0) is 54.6 Å². The molecule has 4 N–H and O–H groups in total. The van der Waals surface area contributed by atoms with Gasteiger partial charge in [-0.1, -0.05) is 6.07 Å². The van der Waals surface area contributed by atoms with Crippen molar-refractivity contribution in [2.45, 2.75) is 0 Å². The SMILES string of the molecule is O=c1cc(-c2ccc(O)c(Oc3ccc(-c4cc(=O)c5c(O)cc(O)cc5o4)cc3)c2)oc2cccc(O)c12. The van der Waals surface area contributed by atoms with E-state index in [-0.39, 0.29) is 62.2 Å². The number of hydrogen-bond acceptors (Lipinski definition) is 9. The van der Waals surface area contributed by atoms with E-state index in [4.69, 9.17) is 13.6 Å². The maximum absolute atomic E-state index is 12.6. The number of phenolic OH excluding ortho intramolecular Hbond substituents is 4. The summed E-state index contributed by atoms with van der Waals surface area (Å²) >= 11 is 0. The van der Waals surface area contributed by atoms with Gasteiger partial charge in [-0.15, -0.1) is 0 Å². The number of phenols is 4. The minimum atomic E-state index is -0.471. The van der Waals surface area contributed by atoms with Gasteiger partial charge in [-0.25, -0.2) is 0 Å². The minimum Gasteiger partial charge on any atom is -0.508 e. The Morgan fingerprint density at radius 3 is 1.95 bits per heavy atom. The second kappa shape index (κ2) is 9.00. The highest BCUT2D eigenvalue weighted by Crippen LogP contribution is 2.37. The van der Waals surface area contributed by atoms with E-state index in [1.165, 1.54) is 36.4 Å². The van der Waals surface area contributed by atoms with Gasteiger partial charge in [0.1, 0.15) is 56.5 Å². The third kappa shape index (κ3) is 4.27. The van der Waals surface area contributed by atoms with Gasteiger partial charge in [0.2, 0.25) is 0 Å². The first-order valence-electron chi connectivity index (χ1n) is 11.6. The Bertz CT molecular complexity index is 2020. The fourth-order valence-corrected chi connectivity index (χ4v) is 4.29. The summed E-state index contributed by atoms with van der Waals surface area (Å²) in [4.78, 5) is 25.1. The molecule has 6 rings (SSSR count). The van der Waals surface area contributed by atoms with E-state index in [2.05, 4.69) is 0 Å². The first-order chi connectivity index (χ1) is 18.8. The van der Waals surface area contributed by atoms with Crippen LogP contribution in [0.1, 0.15) is 0 Å². The van der Waals surface area contributed by atoms with E-state index in [0.29, 0.717) is 16.9 Å². The summed E-state index contributed by atoms with van der Waals surface area (Å²) < 4.78 is 17.4. The second-order valence-electron chi connectivity index (χ2n) is 8.75. The molecule has 192 valence electrons. The van der Waals surface area contributed by atoms with Crippen LogP contribution in [0, 0.1) is 0 Å². The molecule has 0 saturated carbocycles. The van der Waals surface area contributed by atoms with Crippen LogP contribution >= 0.6 is 0 Å². The fraction of sp³-hybridized carbons (Fsp3) is 0. The molecule has 0 bridgehead atoms. The summed E-state index contributed by atoms with van der Waals surface area (Å²) in [6.45, 7) is 0. The maximum Gasteiger partial charge on any atom is 0.197 e. The van der Waals surface area contributed by atoms with Gasteiger partial charge in [0.25, 0.3) is 0 Å². The zero-order valence-corrected chi connectivity index (χ0v) is 19.9. The Hall–Kier alpha value is -5.70. The highest BCUT2D eigenvalue weighted by atomic mass is 16.5. The molecule has 0 aliphatic heterocycles. The zero-order valence-electron chi connectivity index (χ0n) is 19.9. The van der Waals surface area contributed by atoms with Crippen LogP contribution in [0.2, 0.25) is 0 Å². The van der Waals surface area contributed by atoms with Gasteiger partial charge in [-0.2, -0.15) is 0 Å². The van der Waals surface area contributed by atoms with Crippen LogP contribution in [0.15, 0.2) is 103 Å². The molecule has 0 spiro atoms. The largest absolute Gasteiger partial charge is 0.508 e. The predicted molar refractivity (Wildman–Crippen MR) is 143 cm³/mol. The first-order valence-corrected chi connectivity index (χ1v) is 11.6. The van der Waals surface area contributed by atoms with Gasteiger partial charge in [0, 0.05) is 35.4 Å². The van der Waals surface area contributed by atoms with Crippen molar-refractivity contribution in [3.8, 4) is 57.1 Å². The number of hydrogen-bond donors (Lipinski definition) is 4. The monoisotopic (exact) mass is 522 g/mol. The third-order valence-electron chi connectivity index (χ3n) is 6.14. The number of ether oxygens (including phenoxy) is 1. The molecule has 2 heterocycles. The van der Waals surface area contributed by atoms with E-state index in [1.807, 2.05) is 0 Å². The second-order valence-corrected chi connectivity index (χ2v) is 8.75. The van der Waals surface area contributed by atoms with Gasteiger partial charge in [0.15, 0.2) is 22.4 Å². The van der Waals surface area contributed by atoms with Gasteiger partial charge in [-0.3, -0.25) is 9.59 Å². The highest BCUT2D eigenvalue weighted by molar-refractivity contribution is 5.86. The lowest BCUT2D eigenvalue weighted by Gasteiger charge is -2.11. The third-order valence-corrected chi connectivity index (χ3v) is 6.14. The Labute approximate surface area is 218 Å². The number of rotatable bonds is 4. The fourth-order valence-electron chi connectivity index (χ4n) is 4.29. The minimum absolute atomic E-state index is 0.0348. The number of benzene rings is 4. The lowest BCUT2D eigenvalue weighted by atomic mass is 10.1. The van der Waals surface area contributed by atoms with Crippen molar-refractivity contribution in [1.82, 2.24) is 0 Å². The lowest BCUT2D eigenvalue weighted by molar-refractivity contribution is 0.411. The summed E-state index contributed by atoms with van der Waals surface area (Å²) in [5, 5.41) is 40.1. The molecule has 9 nitrogen and oxygen atoms in total. The van der Waals surface area contributed by atoms with Crippen LogP contribution in [0.25, 0.3) is 44.6 Å². The molecule has 0 atom stereocenters. The predicted octanol–water partition coefficient (Wildman–Crippen LogP) is 5.85. The van der Waals surface area contributed by atoms with Crippen LogP contribution < -0.4 is 15.6 Å². The van der Waals surface area contributed by atoms with Gasteiger partial charge >= 0.3 is 0 Å². The smallest absolute Gasteiger partial charge is 0.197 e. The molecule has 9 heteroatoms. The quantitative estimate of drug-likeness (QED) is 0.224. The van der Waals surface area contributed by atoms with Crippen LogP contribution in [-0.4, -0.2) is 20.4 Å². The highest BCUT2D eigenvalue weighted by Gasteiger charge is 2.15. The van der Waals surface area contributed by atoms with E-state index in [9.17, 15) is 30.0 Å². The summed E-state index contributed by atoms with van der Waals surface area (Å²) in [5.41, 5.74) is 0.360. The van der Waals surface area contributed by atoms with Crippen LogP contribution in [0.5, 0.6) is 34.5 Å². The van der Waals surface area contributed by atoms with E-state index >= 15 is 0 Å². The Kier molecular flexibility index (Phi) is 5.46. The molecule has 4 aromatic carbocycles. The topological polar surface area (TPSA) is 151 Å². The molecule has 0 aliphatic rings. The maximum atomic E-state index is 12.6. The van der Waals surface area contributed by atoms with Gasteiger partial charge < -0.3 is 34.0 Å². The van der Waals surface area contributed by atoms with Crippen molar-refractivity contribution in [3.63, 3.8) is 0 Å². The number of aromatic hydroxyl groups is 4. The molecule has 0 fully saturated rings. The molecule has 0 unspecified atom stereocenters. The van der Waals surface area contributed by atoms with Crippen molar-refractivity contribution in [3.05, 3.63) is 105 Å². The molecular formula is C30H18O9. The molecule has 0 amide bonds. The lowest BCUT2D eigenvalue weighted by Crippen LogP contribution is -2.00. The standard InChI is InChI=1S/C30H18O9/c31-17-11-21(34)30-23(36)13-25(39-28(30)12-17)15-4-7-18(8-5-15)37-27-10-16(6-9-19(27)32)26-14-22(35)29-20(33)2-1-3-24(29)38-26/h1-14,31-34H. The molecular weight excluding hydrogens is 504 g/mol. The molecule has 39 heavy (non-hydrogen) atoms. The van der Waals surface area contributed by atoms with Crippen LogP contribution in [0.3, 0.4) is 0 Å². The molecule has 2 aromatic heterocycles. The van der Waals surface area contributed by atoms with Gasteiger partial charge in [0.05, 0.1) is 0 Å². The average molecular weight is 522 g/mol. The average Bonchev–Trinajstić information content (AvgIpc) is 2.89. The summed E-state index contributed by atoms with van der Waals surface area (Å²) in [7, 11) is 0. The molecule has 0 saturated heterocycles. The first kappa shape index (κ1) is 23.7.